The summed E-state index contributed by atoms with van der Waals surface area (Å²) in [6, 6.07) is 7.95. The minimum absolute atomic E-state index is 0.0727. The summed E-state index contributed by atoms with van der Waals surface area (Å²) in [4.78, 5) is 15.4. The van der Waals surface area contributed by atoms with Crippen molar-refractivity contribution in [2.75, 3.05) is 18.5 Å². The van der Waals surface area contributed by atoms with E-state index in [-0.39, 0.29) is 30.0 Å². The predicted octanol–water partition coefficient (Wildman–Crippen LogP) is 4.88. The number of benzene rings is 1. The topological polar surface area (TPSA) is 108 Å². The Morgan fingerprint density at radius 1 is 1.25 bits per heavy atom. The maximum absolute atomic E-state index is 13.7. The third kappa shape index (κ3) is 5.24. The highest BCUT2D eigenvalue weighted by Gasteiger charge is 2.42. The molecule has 0 radical (unpaired) electrons. The predicted molar refractivity (Wildman–Crippen MR) is 130 cm³/mol. The molecule has 1 aliphatic rings. The van der Waals surface area contributed by atoms with Crippen LogP contribution < -0.4 is 16.2 Å². The smallest absolute Gasteiger partial charge is 0.379 e. The van der Waals surface area contributed by atoms with Gasteiger partial charge >= 0.3 is 6.18 Å². The van der Waals surface area contributed by atoms with Crippen molar-refractivity contribution in [1.29, 1.82) is 5.26 Å². The van der Waals surface area contributed by atoms with E-state index in [4.69, 9.17) is 4.74 Å². The van der Waals surface area contributed by atoms with Crippen molar-refractivity contribution in [1.82, 2.24) is 20.1 Å². The first kappa shape index (κ1) is 25.7. The van der Waals surface area contributed by atoms with Gasteiger partial charge in [0, 0.05) is 24.0 Å². The van der Waals surface area contributed by atoms with Crippen molar-refractivity contribution < 1.29 is 17.9 Å². The molecule has 11 heteroatoms. The average molecular weight is 503 g/mol. The van der Waals surface area contributed by atoms with Gasteiger partial charge in [0.15, 0.2) is 5.82 Å². The average Bonchev–Trinajstić information content (AvgIpc) is 3.18. The number of halogens is 3. The zero-order chi connectivity index (χ0) is 26.1. The minimum atomic E-state index is -4.47. The van der Waals surface area contributed by atoms with Crippen molar-refractivity contribution >= 4 is 22.4 Å². The van der Waals surface area contributed by atoms with Crippen molar-refractivity contribution in [3.63, 3.8) is 0 Å². The van der Waals surface area contributed by atoms with Gasteiger partial charge in [0.05, 0.1) is 30.2 Å². The van der Waals surface area contributed by atoms with Gasteiger partial charge in [-0.15, -0.1) is 0 Å². The number of alkyl halides is 3. The van der Waals surface area contributed by atoms with Gasteiger partial charge in [0.25, 0.3) is 5.56 Å². The second-order valence-electron chi connectivity index (χ2n) is 10.2. The number of hydrogen-bond donors (Lipinski definition) is 3. The van der Waals surface area contributed by atoms with Gasteiger partial charge in [-0.3, -0.25) is 14.8 Å². The van der Waals surface area contributed by atoms with Crippen LogP contribution in [-0.2, 0) is 10.3 Å². The Hall–Kier alpha value is -3.36. The second kappa shape index (κ2) is 9.59. The zero-order valence-electron chi connectivity index (χ0n) is 20.4. The lowest BCUT2D eigenvalue weighted by molar-refractivity contribution is -0.161. The molecule has 3 heterocycles. The number of aromatic nitrogens is 3. The van der Waals surface area contributed by atoms with Crippen LogP contribution in [0.5, 0.6) is 0 Å². The Morgan fingerprint density at radius 2 is 1.97 bits per heavy atom. The van der Waals surface area contributed by atoms with Crippen molar-refractivity contribution in [3.8, 4) is 6.07 Å². The van der Waals surface area contributed by atoms with Gasteiger partial charge in [-0.1, -0.05) is 12.1 Å². The summed E-state index contributed by atoms with van der Waals surface area (Å²) < 4.78 is 48.5. The van der Waals surface area contributed by atoms with Gasteiger partial charge in [0.2, 0.25) is 0 Å². The highest BCUT2D eigenvalue weighted by atomic mass is 19.4. The molecule has 1 aliphatic heterocycles. The van der Waals surface area contributed by atoms with Crippen LogP contribution in [0.15, 0.2) is 41.3 Å². The molecule has 0 aliphatic carbocycles. The van der Waals surface area contributed by atoms with E-state index >= 15 is 0 Å². The Labute approximate surface area is 206 Å². The number of rotatable bonds is 6. The molecule has 2 unspecified atom stereocenters. The fraction of sp³-hybridized carbons (Fsp3) is 0.480. The van der Waals surface area contributed by atoms with Gasteiger partial charge in [-0.25, -0.2) is 0 Å². The van der Waals surface area contributed by atoms with Crippen molar-refractivity contribution in [2.24, 2.45) is 0 Å². The Balaban J connectivity index is 1.71. The quantitative estimate of drug-likeness (QED) is 0.444. The summed E-state index contributed by atoms with van der Waals surface area (Å²) in [5.41, 5.74) is -0.741. The molecule has 2 aromatic heterocycles. The van der Waals surface area contributed by atoms with E-state index in [9.17, 15) is 23.2 Å². The lowest BCUT2D eigenvalue weighted by atomic mass is 9.89. The van der Waals surface area contributed by atoms with E-state index in [0.29, 0.717) is 29.6 Å². The van der Waals surface area contributed by atoms with Gasteiger partial charge in [0.1, 0.15) is 11.4 Å². The fourth-order valence-electron chi connectivity index (χ4n) is 4.58. The molecule has 36 heavy (non-hydrogen) atoms. The summed E-state index contributed by atoms with van der Waals surface area (Å²) in [5, 5.41) is 20.2. The molecule has 2 atom stereocenters. The monoisotopic (exact) mass is 502 g/mol. The molecule has 0 amide bonds. The van der Waals surface area contributed by atoms with Crippen LogP contribution in [0.3, 0.4) is 0 Å². The number of ether oxygens (including phenoxy) is 1. The number of nitrogens with one attached hydrogen (secondary N) is 3. The number of H-pyrrole nitrogens is 1. The summed E-state index contributed by atoms with van der Waals surface area (Å²) in [5.74, 6) is 0.252. The van der Waals surface area contributed by atoms with Crippen LogP contribution in [0.1, 0.15) is 51.6 Å². The Kier molecular flexibility index (Phi) is 6.86. The molecule has 0 saturated carbocycles. The van der Waals surface area contributed by atoms with E-state index in [0.717, 1.165) is 6.42 Å². The zero-order valence-corrected chi connectivity index (χ0v) is 20.4. The van der Waals surface area contributed by atoms with E-state index in [1.807, 2.05) is 0 Å². The first-order valence-corrected chi connectivity index (χ1v) is 11.7. The van der Waals surface area contributed by atoms with Gasteiger partial charge in [-0.05, 0) is 57.4 Å². The fourth-order valence-corrected chi connectivity index (χ4v) is 4.58. The van der Waals surface area contributed by atoms with Crippen molar-refractivity contribution in [3.05, 3.63) is 52.4 Å². The van der Waals surface area contributed by atoms with E-state index in [1.165, 1.54) is 30.5 Å². The largest absolute Gasteiger partial charge is 0.407 e. The molecule has 1 fully saturated rings. The normalized spacial score (nSPS) is 19.7. The van der Waals surface area contributed by atoms with Crippen LogP contribution in [0, 0.1) is 11.3 Å². The number of nitriles is 1. The van der Waals surface area contributed by atoms with Gasteiger partial charge < -0.3 is 15.0 Å². The SMILES string of the molecule is CC(C)(C)NC(c1ccc(Nc2nn(C3(CC#N)CCCOC3)c3cc[nH]c(=O)c23)cc1)C(F)(F)F. The first-order valence-electron chi connectivity index (χ1n) is 11.7. The maximum atomic E-state index is 13.7. The summed E-state index contributed by atoms with van der Waals surface area (Å²) in [6.45, 7) is 5.91. The summed E-state index contributed by atoms with van der Waals surface area (Å²) in [7, 11) is 0. The number of pyridine rings is 1. The molecule has 192 valence electrons. The van der Waals surface area contributed by atoms with Gasteiger partial charge in [-0.2, -0.15) is 23.5 Å². The molecule has 1 aromatic carbocycles. The second-order valence-corrected chi connectivity index (χ2v) is 10.2. The summed E-state index contributed by atoms with van der Waals surface area (Å²) >= 11 is 0. The molecule has 1 saturated heterocycles. The molecular weight excluding hydrogens is 473 g/mol. The standard InChI is InChI=1S/C25H29F3N6O2/c1-23(2,3)32-20(25(26,27)28)16-5-7-17(8-6-16)31-21-19-18(9-13-30-22(19)35)34(33-21)24(11-12-29)10-4-14-36-15-24/h5-9,13,20,32H,4,10-11,14-15H2,1-3H3,(H,30,35)(H,31,33). The van der Waals surface area contributed by atoms with E-state index < -0.39 is 23.3 Å². The molecule has 3 aromatic rings. The first-order chi connectivity index (χ1) is 16.9. The van der Waals surface area contributed by atoms with Crippen molar-refractivity contribution in [2.45, 2.75) is 63.3 Å². The molecule has 0 spiro atoms. The number of nitrogens with zero attached hydrogens (tertiary/aromatic N) is 3. The lowest BCUT2D eigenvalue weighted by Crippen LogP contribution is -2.45. The Morgan fingerprint density at radius 3 is 2.56 bits per heavy atom. The molecule has 8 nitrogen and oxygen atoms in total. The van der Waals surface area contributed by atoms with E-state index in [2.05, 4.69) is 26.8 Å². The highest BCUT2D eigenvalue weighted by molar-refractivity contribution is 5.91. The van der Waals surface area contributed by atoms with Crippen LogP contribution >= 0.6 is 0 Å². The van der Waals surface area contributed by atoms with Crippen LogP contribution in [0.2, 0.25) is 0 Å². The third-order valence-electron chi connectivity index (χ3n) is 6.17. The number of fused-ring (bicyclic) bond motifs is 1. The highest BCUT2D eigenvalue weighted by Crippen LogP contribution is 2.37. The number of aromatic amines is 1. The van der Waals surface area contributed by atoms with Crippen LogP contribution in [0.25, 0.3) is 10.9 Å². The Bertz CT molecular complexity index is 1310. The van der Waals surface area contributed by atoms with Crippen LogP contribution in [-0.4, -0.2) is 39.7 Å². The summed E-state index contributed by atoms with van der Waals surface area (Å²) in [6.07, 6.45) is -1.38. The van der Waals surface area contributed by atoms with Crippen LogP contribution in [0.4, 0.5) is 24.7 Å². The molecule has 0 bridgehead atoms. The number of anilines is 2. The molecular formula is C25H29F3N6O2. The maximum Gasteiger partial charge on any atom is 0.407 e. The van der Waals surface area contributed by atoms with E-state index in [1.54, 1.807) is 31.5 Å². The molecule has 4 rings (SSSR count). The number of hydrogen-bond acceptors (Lipinski definition) is 6. The molecule has 3 N–H and O–H groups in total. The lowest BCUT2D eigenvalue weighted by Gasteiger charge is -2.35. The third-order valence-corrected chi connectivity index (χ3v) is 6.17. The minimum Gasteiger partial charge on any atom is -0.379 e.